The summed E-state index contributed by atoms with van der Waals surface area (Å²) in [5, 5.41) is 14.0. The van der Waals surface area contributed by atoms with E-state index in [0.717, 1.165) is 6.42 Å². The van der Waals surface area contributed by atoms with E-state index in [4.69, 9.17) is 4.74 Å². The number of carbonyl (C=O) groups is 1. The predicted molar refractivity (Wildman–Crippen MR) is 86.4 cm³/mol. The van der Waals surface area contributed by atoms with Gasteiger partial charge >= 0.3 is 0 Å². The second kappa shape index (κ2) is 7.40. The van der Waals surface area contributed by atoms with Gasteiger partial charge in [0.1, 0.15) is 11.6 Å². The summed E-state index contributed by atoms with van der Waals surface area (Å²) >= 11 is 0. The number of hydrogen-bond acceptors (Lipinski definition) is 5. The fraction of sp³-hybridized carbons (Fsp3) is 0.312. The summed E-state index contributed by atoms with van der Waals surface area (Å²) in [5.41, 5.74) is 0.532. The van der Waals surface area contributed by atoms with Crippen LogP contribution in [-0.2, 0) is 0 Å². The van der Waals surface area contributed by atoms with Gasteiger partial charge in [-0.3, -0.25) is 4.79 Å². The van der Waals surface area contributed by atoms with Crippen LogP contribution in [0.2, 0.25) is 0 Å². The first-order valence-electron chi connectivity index (χ1n) is 7.18. The van der Waals surface area contributed by atoms with E-state index >= 15 is 0 Å². The van der Waals surface area contributed by atoms with Gasteiger partial charge in [0.2, 0.25) is 0 Å². The number of rotatable bonds is 6. The van der Waals surface area contributed by atoms with Crippen LogP contribution in [0.25, 0.3) is 0 Å². The molecule has 2 aromatic rings. The lowest BCUT2D eigenvalue weighted by atomic mass is 10.2. The van der Waals surface area contributed by atoms with Gasteiger partial charge in [-0.25, -0.2) is 0 Å². The number of ether oxygens (including phenoxy) is 1. The van der Waals surface area contributed by atoms with Crippen molar-refractivity contribution < 1.29 is 9.53 Å². The standard InChI is InChI=1S/C16H20N4O2/c1-4-11(2)17-14-9-10-15(20-19-14)18-16(21)12-5-7-13(22-3)8-6-12/h5-11H,4H2,1-3H3,(H,17,19)(H,18,20,21). The minimum Gasteiger partial charge on any atom is -0.497 e. The number of nitrogens with zero attached hydrogens (tertiary/aromatic N) is 2. The third kappa shape index (κ3) is 4.18. The third-order valence-electron chi connectivity index (χ3n) is 3.27. The second-order valence-corrected chi connectivity index (χ2v) is 4.94. The number of carbonyl (C=O) groups excluding carboxylic acids is 1. The lowest BCUT2D eigenvalue weighted by Crippen LogP contribution is -2.16. The van der Waals surface area contributed by atoms with Gasteiger partial charge in [-0.05, 0) is 49.7 Å². The molecule has 0 saturated heterocycles. The molecule has 1 amide bonds. The van der Waals surface area contributed by atoms with Crippen molar-refractivity contribution >= 4 is 17.5 Å². The summed E-state index contributed by atoms with van der Waals surface area (Å²) in [6.45, 7) is 4.16. The van der Waals surface area contributed by atoms with E-state index in [9.17, 15) is 4.79 Å². The molecular formula is C16H20N4O2. The van der Waals surface area contributed by atoms with E-state index < -0.39 is 0 Å². The number of aromatic nitrogens is 2. The van der Waals surface area contributed by atoms with Gasteiger partial charge in [-0.15, -0.1) is 10.2 Å². The Kier molecular flexibility index (Phi) is 5.30. The largest absolute Gasteiger partial charge is 0.497 e. The Balaban J connectivity index is 1.98. The molecule has 0 fully saturated rings. The molecule has 1 atom stereocenters. The fourth-order valence-electron chi connectivity index (χ4n) is 1.76. The van der Waals surface area contributed by atoms with E-state index in [2.05, 4.69) is 34.7 Å². The molecule has 1 unspecified atom stereocenters. The average Bonchev–Trinajstić information content (AvgIpc) is 2.56. The van der Waals surface area contributed by atoms with Gasteiger partial charge in [0, 0.05) is 11.6 Å². The normalized spacial score (nSPS) is 11.6. The Hall–Kier alpha value is -2.63. The van der Waals surface area contributed by atoms with Crippen LogP contribution in [0.1, 0.15) is 30.6 Å². The highest BCUT2D eigenvalue weighted by Crippen LogP contribution is 2.13. The molecule has 1 heterocycles. The van der Waals surface area contributed by atoms with Gasteiger partial charge in [-0.2, -0.15) is 0 Å². The zero-order chi connectivity index (χ0) is 15.9. The molecule has 0 aliphatic carbocycles. The quantitative estimate of drug-likeness (QED) is 0.857. The SMILES string of the molecule is CCC(C)Nc1ccc(NC(=O)c2ccc(OC)cc2)nn1. The summed E-state index contributed by atoms with van der Waals surface area (Å²) < 4.78 is 5.06. The maximum atomic E-state index is 12.1. The molecule has 1 aromatic carbocycles. The van der Waals surface area contributed by atoms with Crippen LogP contribution < -0.4 is 15.4 Å². The van der Waals surface area contributed by atoms with E-state index in [0.29, 0.717) is 29.0 Å². The van der Waals surface area contributed by atoms with E-state index in [1.54, 1.807) is 43.5 Å². The first-order valence-corrected chi connectivity index (χ1v) is 7.18. The third-order valence-corrected chi connectivity index (χ3v) is 3.27. The van der Waals surface area contributed by atoms with Gasteiger partial charge in [0.25, 0.3) is 5.91 Å². The van der Waals surface area contributed by atoms with Gasteiger partial charge in [0.05, 0.1) is 7.11 Å². The summed E-state index contributed by atoms with van der Waals surface area (Å²) in [5.74, 6) is 1.57. The van der Waals surface area contributed by atoms with Crippen molar-refractivity contribution in [3.63, 3.8) is 0 Å². The van der Waals surface area contributed by atoms with Crippen LogP contribution >= 0.6 is 0 Å². The second-order valence-electron chi connectivity index (χ2n) is 4.94. The van der Waals surface area contributed by atoms with Crippen molar-refractivity contribution in [3.05, 3.63) is 42.0 Å². The Labute approximate surface area is 129 Å². The van der Waals surface area contributed by atoms with Crippen LogP contribution in [0, 0.1) is 0 Å². The van der Waals surface area contributed by atoms with Gasteiger partial charge in [0.15, 0.2) is 5.82 Å². The molecule has 2 rings (SSSR count). The maximum absolute atomic E-state index is 12.1. The Morgan fingerprint density at radius 1 is 1.14 bits per heavy atom. The summed E-state index contributed by atoms with van der Waals surface area (Å²) in [7, 11) is 1.58. The highest BCUT2D eigenvalue weighted by atomic mass is 16.5. The topological polar surface area (TPSA) is 76.1 Å². The zero-order valence-electron chi connectivity index (χ0n) is 13.0. The minimum atomic E-state index is -0.236. The molecule has 0 aliphatic heterocycles. The molecule has 0 spiro atoms. The fourth-order valence-corrected chi connectivity index (χ4v) is 1.76. The van der Waals surface area contributed by atoms with E-state index in [1.165, 1.54) is 0 Å². The minimum absolute atomic E-state index is 0.236. The Morgan fingerprint density at radius 2 is 1.77 bits per heavy atom. The van der Waals surface area contributed by atoms with Crippen molar-refractivity contribution in [2.75, 3.05) is 17.7 Å². The summed E-state index contributed by atoms with van der Waals surface area (Å²) in [4.78, 5) is 12.1. The molecule has 0 radical (unpaired) electrons. The van der Waals surface area contributed by atoms with E-state index in [1.807, 2.05) is 0 Å². The number of amides is 1. The highest BCUT2D eigenvalue weighted by molar-refractivity contribution is 6.03. The average molecular weight is 300 g/mol. The van der Waals surface area contributed by atoms with Crippen molar-refractivity contribution in [1.29, 1.82) is 0 Å². The smallest absolute Gasteiger partial charge is 0.256 e. The Bertz CT molecular complexity index is 611. The molecule has 22 heavy (non-hydrogen) atoms. The van der Waals surface area contributed by atoms with Crippen molar-refractivity contribution in [1.82, 2.24) is 10.2 Å². The highest BCUT2D eigenvalue weighted by Gasteiger charge is 2.08. The van der Waals surface area contributed by atoms with E-state index in [-0.39, 0.29) is 5.91 Å². The van der Waals surface area contributed by atoms with Crippen molar-refractivity contribution in [2.24, 2.45) is 0 Å². The van der Waals surface area contributed by atoms with Gasteiger partial charge in [-0.1, -0.05) is 6.92 Å². The van der Waals surface area contributed by atoms with Crippen molar-refractivity contribution in [3.8, 4) is 5.75 Å². The molecule has 116 valence electrons. The number of benzene rings is 1. The van der Waals surface area contributed by atoms with Crippen LogP contribution in [0.3, 0.4) is 0 Å². The van der Waals surface area contributed by atoms with Crippen LogP contribution in [0.5, 0.6) is 5.75 Å². The number of anilines is 2. The lowest BCUT2D eigenvalue weighted by molar-refractivity contribution is 0.102. The maximum Gasteiger partial charge on any atom is 0.256 e. The molecule has 2 N–H and O–H groups in total. The first-order chi connectivity index (χ1) is 10.6. The number of methoxy groups -OCH3 is 1. The number of hydrogen-bond donors (Lipinski definition) is 2. The molecular weight excluding hydrogens is 280 g/mol. The van der Waals surface area contributed by atoms with Crippen molar-refractivity contribution in [2.45, 2.75) is 26.3 Å². The molecule has 1 aromatic heterocycles. The van der Waals surface area contributed by atoms with Crippen LogP contribution in [0.15, 0.2) is 36.4 Å². The molecule has 6 heteroatoms. The number of nitrogens with one attached hydrogen (secondary N) is 2. The summed E-state index contributed by atoms with van der Waals surface area (Å²) in [6, 6.07) is 10.7. The van der Waals surface area contributed by atoms with Crippen LogP contribution in [-0.4, -0.2) is 29.3 Å². The molecule has 0 aliphatic rings. The Morgan fingerprint density at radius 3 is 2.32 bits per heavy atom. The molecule has 0 bridgehead atoms. The first kappa shape index (κ1) is 15.8. The zero-order valence-corrected chi connectivity index (χ0v) is 13.0. The molecule has 0 saturated carbocycles. The van der Waals surface area contributed by atoms with Crippen LogP contribution in [0.4, 0.5) is 11.6 Å². The lowest BCUT2D eigenvalue weighted by Gasteiger charge is -2.11. The molecule has 6 nitrogen and oxygen atoms in total. The summed E-state index contributed by atoms with van der Waals surface area (Å²) in [6.07, 6.45) is 0.998. The van der Waals surface area contributed by atoms with Gasteiger partial charge < -0.3 is 15.4 Å². The monoisotopic (exact) mass is 300 g/mol. The predicted octanol–water partition coefficient (Wildman–Crippen LogP) is 2.95.